The van der Waals surface area contributed by atoms with Crippen molar-refractivity contribution in [2.75, 3.05) is 0 Å². The van der Waals surface area contributed by atoms with E-state index in [0.717, 1.165) is 16.7 Å². The summed E-state index contributed by atoms with van der Waals surface area (Å²) in [6, 6.07) is 0. The average Bonchev–Trinajstić information content (AvgIpc) is 2.20. The van der Waals surface area contributed by atoms with Gasteiger partial charge in [-0.3, -0.25) is 0 Å². The third-order valence-corrected chi connectivity index (χ3v) is 3.13. The van der Waals surface area contributed by atoms with Crippen LogP contribution in [0.25, 0.3) is 0 Å². The molecule has 2 nitrogen and oxygen atoms in total. The zero-order valence-corrected chi connectivity index (χ0v) is 9.04. The normalized spacial score (nSPS) is 32.9. The number of hydrogen-bond donors (Lipinski definition) is 2. The van der Waals surface area contributed by atoms with Crippen LogP contribution >= 0.6 is 0 Å². The molecular weight excluding hydrogens is 175 g/mol. The van der Waals surface area contributed by atoms with Crippen LogP contribution in [0.4, 0.5) is 0 Å². The Hall–Kier alpha value is -0.665. The molecule has 0 amide bonds. The molecule has 0 radical (unpaired) electrons. The molecule has 0 aromatic rings. The van der Waals surface area contributed by atoms with E-state index in [0.29, 0.717) is 6.42 Å². The van der Waals surface area contributed by atoms with Crippen molar-refractivity contribution in [1.82, 2.24) is 0 Å². The third kappa shape index (κ3) is 1.51. The molecule has 14 heavy (non-hydrogen) atoms. The van der Waals surface area contributed by atoms with Crippen molar-refractivity contribution in [3.8, 4) is 0 Å². The van der Waals surface area contributed by atoms with Crippen molar-refractivity contribution >= 4 is 13.5 Å². The van der Waals surface area contributed by atoms with E-state index in [2.05, 4.69) is 7.49 Å². The summed E-state index contributed by atoms with van der Waals surface area (Å²) in [5, 5.41) is 20.0. The fourth-order valence-corrected chi connectivity index (χ4v) is 1.88. The van der Waals surface area contributed by atoms with Crippen LogP contribution in [0.2, 0.25) is 0 Å². The molecule has 0 aromatic carbocycles. The van der Waals surface area contributed by atoms with Crippen LogP contribution in [0.15, 0.2) is 22.8 Å². The fourth-order valence-electron chi connectivity index (χ4n) is 1.88. The van der Waals surface area contributed by atoms with Gasteiger partial charge >= 0.3 is 85.4 Å². The van der Waals surface area contributed by atoms with Gasteiger partial charge in [0.1, 0.15) is 0 Å². The molecule has 1 aliphatic rings. The van der Waals surface area contributed by atoms with Gasteiger partial charge in [-0.15, -0.1) is 0 Å². The second-order valence-electron chi connectivity index (χ2n) is 3.77. The predicted molar refractivity (Wildman–Crippen MR) is 60.9 cm³/mol. The van der Waals surface area contributed by atoms with Gasteiger partial charge in [0.05, 0.1) is 0 Å². The minimum absolute atomic E-state index is 0.565. The Morgan fingerprint density at radius 3 is 2.57 bits per heavy atom. The summed E-state index contributed by atoms with van der Waals surface area (Å²) in [4.78, 5) is 0. The number of aliphatic hydroxyl groups is 2. The van der Waals surface area contributed by atoms with Gasteiger partial charge in [0.25, 0.3) is 0 Å². The molecular formula is C11H17BO2. The summed E-state index contributed by atoms with van der Waals surface area (Å²) >= 11 is 0. The summed E-state index contributed by atoms with van der Waals surface area (Å²) in [6.45, 7) is 5.63. The Labute approximate surface area is 86.0 Å². The maximum atomic E-state index is 10.3. The van der Waals surface area contributed by atoms with E-state index >= 15 is 0 Å². The molecule has 1 aliphatic carbocycles. The Morgan fingerprint density at radius 2 is 2.14 bits per heavy atom. The molecule has 1 rings (SSSR count). The van der Waals surface area contributed by atoms with Crippen LogP contribution in [0.3, 0.4) is 0 Å². The molecule has 0 saturated heterocycles. The second-order valence-corrected chi connectivity index (χ2v) is 3.77. The van der Waals surface area contributed by atoms with Gasteiger partial charge in [-0.2, -0.15) is 0 Å². The summed E-state index contributed by atoms with van der Waals surface area (Å²) < 4.78 is 0. The molecule has 0 bridgehead atoms. The van der Waals surface area contributed by atoms with Crippen LogP contribution in [0.1, 0.15) is 27.2 Å². The Morgan fingerprint density at radius 1 is 1.57 bits per heavy atom. The Balaban J connectivity index is 3.26. The average molecular weight is 192 g/mol. The van der Waals surface area contributed by atoms with Gasteiger partial charge in [-0.25, -0.2) is 0 Å². The van der Waals surface area contributed by atoms with Gasteiger partial charge in [0, 0.05) is 0 Å². The minimum atomic E-state index is -1.06. The fraction of sp³-hybridized carbons (Fsp3) is 0.545. The van der Waals surface area contributed by atoms with Crippen molar-refractivity contribution in [3.05, 3.63) is 22.8 Å². The number of aliphatic hydroxyl groups excluding tert-OH is 1. The van der Waals surface area contributed by atoms with Crippen LogP contribution in [-0.2, 0) is 0 Å². The van der Waals surface area contributed by atoms with Crippen LogP contribution < -0.4 is 0 Å². The molecule has 0 fully saturated rings. The van der Waals surface area contributed by atoms with Crippen molar-refractivity contribution in [3.63, 3.8) is 0 Å². The zero-order chi connectivity index (χ0) is 10.9. The summed E-state index contributed by atoms with van der Waals surface area (Å²) in [6.07, 6.45) is 1.86. The third-order valence-electron chi connectivity index (χ3n) is 3.13. The van der Waals surface area contributed by atoms with Gasteiger partial charge < -0.3 is 0 Å². The van der Waals surface area contributed by atoms with Gasteiger partial charge in [-0.05, 0) is 0 Å². The van der Waals surface area contributed by atoms with Gasteiger partial charge in [0.15, 0.2) is 0 Å². The Kier molecular flexibility index (Phi) is 3.12. The molecule has 0 heterocycles. The van der Waals surface area contributed by atoms with E-state index in [4.69, 9.17) is 0 Å². The van der Waals surface area contributed by atoms with E-state index in [1.807, 2.05) is 20.8 Å². The predicted octanol–water partition coefficient (Wildman–Crippen LogP) is 0.468. The summed E-state index contributed by atoms with van der Waals surface area (Å²) in [5.41, 5.74) is 1.37. The zero-order valence-electron chi connectivity index (χ0n) is 9.04. The van der Waals surface area contributed by atoms with Crippen LogP contribution in [0.5, 0.6) is 0 Å². The SMILES string of the molecule is B=CC1(O)C(CC)=CC(O)C(C)=C1C. The van der Waals surface area contributed by atoms with E-state index in [1.54, 1.807) is 6.08 Å². The van der Waals surface area contributed by atoms with E-state index < -0.39 is 11.7 Å². The molecule has 2 unspecified atom stereocenters. The molecule has 2 N–H and O–H groups in total. The molecule has 0 spiro atoms. The van der Waals surface area contributed by atoms with Gasteiger partial charge in [-0.1, -0.05) is 0 Å². The second kappa shape index (κ2) is 3.83. The molecule has 0 aliphatic heterocycles. The maximum absolute atomic E-state index is 10.3. The first kappa shape index (κ1) is 11.4. The Bertz CT molecular complexity index is 317. The number of rotatable bonds is 2. The molecule has 0 aromatic heterocycles. The number of hydrogen-bond acceptors (Lipinski definition) is 2. The quantitative estimate of drug-likeness (QED) is 0.493. The summed E-state index contributed by atoms with van der Waals surface area (Å²) in [7, 11) is 3.66. The molecule has 76 valence electrons. The molecule has 3 heteroatoms. The molecule has 0 saturated carbocycles. The van der Waals surface area contributed by atoms with E-state index in [9.17, 15) is 10.2 Å². The van der Waals surface area contributed by atoms with Gasteiger partial charge in [0.2, 0.25) is 0 Å². The standard InChI is InChI=1S/C11H17BO2/c1-4-9-5-10(13)7(2)8(3)11(9,14)6-12/h5-6,10,12-14H,4H2,1-3H3. The van der Waals surface area contributed by atoms with E-state index in [-0.39, 0.29) is 0 Å². The van der Waals surface area contributed by atoms with Crippen LogP contribution in [0, 0.1) is 0 Å². The first-order chi connectivity index (χ1) is 6.47. The summed E-state index contributed by atoms with van der Waals surface area (Å²) in [5.74, 6) is 1.53. The van der Waals surface area contributed by atoms with Crippen molar-refractivity contribution in [2.45, 2.75) is 38.9 Å². The van der Waals surface area contributed by atoms with Crippen molar-refractivity contribution < 1.29 is 10.2 Å². The molecule has 2 atom stereocenters. The van der Waals surface area contributed by atoms with Crippen LogP contribution in [-0.4, -0.2) is 35.4 Å². The van der Waals surface area contributed by atoms with Crippen molar-refractivity contribution in [1.29, 1.82) is 0 Å². The first-order valence-electron chi connectivity index (χ1n) is 4.90. The van der Waals surface area contributed by atoms with Crippen molar-refractivity contribution in [2.24, 2.45) is 0 Å². The monoisotopic (exact) mass is 192 g/mol. The topological polar surface area (TPSA) is 40.5 Å². The first-order valence-corrected chi connectivity index (χ1v) is 4.90. The van der Waals surface area contributed by atoms with E-state index in [1.165, 1.54) is 5.97 Å².